The molecule has 3 nitrogen and oxygen atoms in total. The second-order valence-electron chi connectivity index (χ2n) is 5.83. The third-order valence-corrected chi connectivity index (χ3v) is 5.02. The second-order valence-corrected chi connectivity index (χ2v) is 6.67. The van der Waals surface area contributed by atoms with Crippen LogP contribution in [0.4, 0.5) is 0 Å². The molecule has 0 bridgehead atoms. The molecule has 0 spiro atoms. The first-order valence-corrected chi connectivity index (χ1v) is 8.03. The van der Waals surface area contributed by atoms with Crippen LogP contribution in [0.2, 0.25) is 10.0 Å². The first kappa shape index (κ1) is 14.5. The summed E-state index contributed by atoms with van der Waals surface area (Å²) in [5.74, 6) is 0.141. The number of aromatic hydroxyl groups is 1. The Labute approximate surface area is 129 Å². The van der Waals surface area contributed by atoms with Gasteiger partial charge in [0, 0.05) is 29.2 Å². The Morgan fingerprint density at radius 2 is 2.10 bits per heavy atom. The maximum atomic E-state index is 9.96. The summed E-state index contributed by atoms with van der Waals surface area (Å²) >= 11 is 11.9. The zero-order chi connectivity index (χ0) is 14.1. The number of rotatable bonds is 3. The van der Waals surface area contributed by atoms with E-state index in [9.17, 15) is 5.11 Å². The first-order chi connectivity index (χ1) is 9.63. The zero-order valence-corrected chi connectivity index (χ0v) is 12.9. The van der Waals surface area contributed by atoms with Gasteiger partial charge in [-0.3, -0.25) is 0 Å². The van der Waals surface area contributed by atoms with E-state index in [1.54, 1.807) is 12.1 Å². The van der Waals surface area contributed by atoms with Crippen LogP contribution in [0.15, 0.2) is 12.1 Å². The molecule has 3 rings (SSSR count). The molecular weight excluding hydrogens is 295 g/mol. The molecule has 2 aliphatic heterocycles. The lowest BCUT2D eigenvalue weighted by atomic mass is 9.97. The molecule has 2 saturated heterocycles. The van der Waals surface area contributed by atoms with E-state index in [1.165, 1.54) is 38.8 Å². The van der Waals surface area contributed by atoms with Crippen LogP contribution in [0, 0.1) is 0 Å². The number of halogens is 2. The van der Waals surface area contributed by atoms with Crippen LogP contribution < -0.4 is 5.32 Å². The maximum absolute atomic E-state index is 9.96. The topological polar surface area (TPSA) is 35.5 Å². The molecule has 1 aromatic carbocycles. The number of nitrogens with zero attached hydrogens (tertiary/aromatic N) is 1. The fraction of sp³-hybridized carbons (Fsp3) is 0.600. The zero-order valence-electron chi connectivity index (χ0n) is 11.4. The predicted octanol–water partition coefficient (Wildman–Crippen LogP) is 3.42. The van der Waals surface area contributed by atoms with Crippen molar-refractivity contribution in [2.45, 2.75) is 44.3 Å². The number of benzene rings is 1. The molecule has 2 N–H and O–H groups in total. The highest BCUT2D eigenvalue weighted by molar-refractivity contribution is 6.35. The van der Waals surface area contributed by atoms with Crippen molar-refractivity contribution in [2.75, 3.05) is 13.1 Å². The smallest absolute Gasteiger partial charge is 0.138 e. The lowest BCUT2D eigenvalue weighted by Crippen LogP contribution is -2.45. The van der Waals surface area contributed by atoms with E-state index in [-0.39, 0.29) is 5.75 Å². The Kier molecular flexibility index (Phi) is 4.41. The van der Waals surface area contributed by atoms with Gasteiger partial charge in [0.1, 0.15) is 5.75 Å². The van der Waals surface area contributed by atoms with Gasteiger partial charge in [-0.2, -0.15) is 0 Å². The summed E-state index contributed by atoms with van der Waals surface area (Å²) in [6.45, 7) is 3.07. The van der Waals surface area contributed by atoms with Gasteiger partial charge in [-0.05, 0) is 50.9 Å². The normalized spacial score (nSPS) is 26.7. The van der Waals surface area contributed by atoms with Crippen molar-refractivity contribution in [3.8, 4) is 5.75 Å². The Bertz CT molecular complexity index is 495. The van der Waals surface area contributed by atoms with Gasteiger partial charge in [-0.1, -0.05) is 23.2 Å². The fourth-order valence-corrected chi connectivity index (χ4v) is 3.95. The standard InChI is InChI=1S/C15H20Cl2N2O/c16-11-6-10(15(20)14(17)7-11)9-18-12-3-5-19-4-1-2-13(19)8-12/h6-7,12-13,18,20H,1-5,8-9H2. The summed E-state index contributed by atoms with van der Waals surface area (Å²) in [6.07, 6.45) is 5.04. The van der Waals surface area contributed by atoms with E-state index in [4.69, 9.17) is 23.2 Å². The van der Waals surface area contributed by atoms with E-state index in [2.05, 4.69) is 10.2 Å². The Morgan fingerprint density at radius 1 is 1.25 bits per heavy atom. The summed E-state index contributed by atoms with van der Waals surface area (Å²) in [6, 6.07) is 4.61. The predicted molar refractivity (Wildman–Crippen MR) is 82.6 cm³/mol. The second kappa shape index (κ2) is 6.10. The van der Waals surface area contributed by atoms with Gasteiger partial charge < -0.3 is 15.3 Å². The monoisotopic (exact) mass is 314 g/mol. The summed E-state index contributed by atoms with van der Waals surface area (Å²) in [7, 11) is 0. The average Bonchev–Trinajstić information content (AvgIpc) is 2.88. The highest BCUT2D eigenvalue weighted by Gasteiger charge is 2.31. The van der Waals surface area contributed by atoms with Crippen molar-refractivity contribution in [1.82, 2.24) is 10.2 Å². The van der Waals surface area contributed by atoms with Crippen LogP contribution in [-0.4, -0.2) is 35.2 Å². The molecule has 2 fully saturated rings. The summed E-state index contributed by atoms with van der Waals surface area (Å²) < 4.78 is 0. The van der Waals surface area contributed by atoms with E-state index < -0.39 is 0 Å². The number of piperidine rings is 1. The van der Waals surface area contributed by atoms with Crippen molar-refractivity contribution < 1.29 is 5.11 Å². The Hall–Kier alpha value is -0.480. The average molecular weight is 315 g/mol. The molecule has 20 heavy (non-hydrogen) atoms. The van der Waals surface area contributed by atoms with Gasteiger partial charge in [0.05, 0.1) is 5.02 Å². The third-order valence-electron chi connectivity index (χ3n) is 4.51. The summed E-state index contributed by atoms with van der Waals surface area (Å²) in [5, 5.41) is 14.4. The number of phenols is 1. The van der Waals surface area contributed by atoms with Gasteiger partial charge in [0.2, 0.25) is 0 Å². The van der Waals surface area contributed by atoms with Gasteiger partial charge in [0.25, 0.3) is 0 Å². The lowest BCUT2D eigenvalue weighted by molar-refractivity contribution is 0.166. The Morgan fingerprint density at radius 3 is 2.95 bits per heavy atom. The molecule has 110 valence electrons. The van der Waals surface area contributed by atoms with Crippen molar-refractivity contribution in [1.29, 1.82) is 0 Å². The van der Waals surface area contributed by atoms with Gasteiger partial charge in [0.15, 0.2) is 0 Å². The largest absolute Gasteiger partial charge is 0.506 e. The van der Waals surface area contributed by atoms with Crippen molar-refractivity contribution in [3.05, 3.63) is 27.7 Å². The van der Waals surface area contributed by atoms with Crippen molar-refractivity contribution in [2.24, 2.45) is 0 Å². The molecule has 0 aliphatic carbocycles. The van der Waals surface area contributed by atoms with Crippen LogP contribution in [0.1, 0.15) is 31.2 Å². The highest BCUT2D eigenvalue weighted by atomic mass is 35.5. The highest BCUT2D eigenvalue weighted by Crippen LogP contribution is 2.32. The molecule has 0 aromatic heterocycles. The summed E-state index contributed by atoms with van der Waals surface area (Å²) in [5.41, 5.74) is 0.774. The number of hydrogen-bond donors (Lipinski definition) is 2. The minimum absolute atomic E-state index is 0.141. The SMILES string of the molecule is Oc1c(Cl)cc(Cl)cc1CNC1CCN2CCCC2C1. The first-order valence-electron chi connectivity index (χ1n) is 7.28. The van der Waals surface area contributed by atoms with Crippen LogP contribution in [-0.2, 0) is 6.54 Å². The molecule has 2 heterocycles. The fourth-order valence-electron chi connectivity index (χ4n) is 3.42. The lowest BCUT2D eigenvalue weighted by Gasteiger charge is -2.35. The Balaban J connectivity index is 1.60. The molecule has 2 unspecified atom stereocenters. The van der Waals surface area contributed by atoms with Crippen LogP contribution >= 0.6 is 23.2 Å². The number of nitrogens with one attached hydrogen (secondary N) is 1. The molecule has 2 aliphatic rings. The molecule has 1 aromatic rings. The quantitative estimate of drug-likeness (QED) is 0.897. The molecule has 2 atom stereocenters. The van der Waals surface area contributed by atoms with E-state index >= 15 is 0 Å². The molecule has 0 saturated carbocycles. The van der Waals surface area contributed by atoms with Crippen molar-refractivity contribution in [3.63, 3.8) is 0 Å². The number of phenolic OH excluding ortho intramolecular Hbond substituents is 1. The molecule has 0 radical (unpaired) electrons. The van der Waals surface area contributed by atoms with Gasteiger partial charge in [-0.25, -0.2) is 0 Å². The summed E-state index contributed by atoms with van der Waals surface area (Å²) in [4.78, 5) is 2.60. The molecular formula is C15H20Cl2N2O. The van der Waals surface area contributed by atoms with Crippen molar-refractivity contribution >= 4 is 23.2 Å². The minimum atomic E-state index is 0.141. The molecule has 0 amide bonds. The number of fused-ring (bicyclic) bond motifs is 1. The molecule has 5 heteroatoms. The maximum Gasteiger partial charge on any atom is 0.138 e. The van der Waals surface area contributed by atoms with Crippen LogP contribution in [0.3, 0.4) is 0 Å². The van der Waals surface area contributed by atoms with Gasteiger partial charge >= 0.3 is 0 Å². The van der Waals surface area contributed by atoms with Crippen LogP contribution in [0.5, 0.6) is 5.75 Å². The van der Waals surface area contributed by atoms with Crippen LogP contribution in [0.25, 0.3) is 0 Å². The van der Waals surface area contributed by atoms with Gasteiger partial charge in [-0.15, -0.1) is 0 Å². The van der Waals surface area contributed by atoms with E-state index in [0.717, 1.165) is 11.6 Å². The van der Waals surface area contributed by atoms with E-state index in [0.29, 0.717) is 22.6 Å². The third kappa shape index (κ3) is 3.06. The van der Waals surface area contributed by atoms with E-state index in [1.807, 2.05) is 0 Å². The minimum Gasteiger partial charge on any atom is -0.506 e. The number of hydrogen-bond acceptors (Lipinski definition) is 3.